The maximum absolute atomic E-state index is 11.6. The Labute approximate surface area is 105 Å². The van der Waals surface area contributed by atoms with Gasteiger partial charge in [0.2, 0.25) is 0 Å². The van der Waals surface area contributed by atoms with Gasteiger partial charge in [-0.25, -0.2) is 0 Å². The van der Waals surface area contributed by atoms with E-state index in [0.29, 0.717) is 24.3 Å². The molecule has 5 nitrogen and oxygen atoms in total. The molecule has 0 spiro atoms. The Morgan fingerprint density at radius 3 is 2.44 bits per heavy atom. The summed E-state index contributed by atoms with van der Waals surface area (Å²) < 4.78 is 9.94. The van der Waals surface area contributed by atoms with Gasteiger partial charge in [-0.05, 0) is 24.3 Å². The van der Waals surface area contributed by atoms with Crippen molar-refractivity contribution in [3.8, 4) is 5.75 Å². The summed E-state index contributed by atoms with van der Waals surface area (Å²) in [4.78, 5) is 22.1. The third-order valence-electron chi connectivity index (χ3n) is 2.15. The fraction of sp³-hybridized carbons (Fsp3) is 0.385. The maximum atomic E-state index is 11.6. The van der Waals surface area contributed by atoms with Gasteiger partial charge in [-0.15, -0.1) is 0 Å². The predicted octanol–water partition coefficient (Wildman–Crippen LogP) is 1.19. The van der Waals surface area contributed by atoms with Gasteiger partial charge < -0.3 is 14.6 Å². The van der Waals surface area contributed by atoms with Crippen molar-refractivity contribution < 1.29 is 24.2 Å². The van der Waals surface area contributed by atoms with Crippen molar-refractivity contribution in [2.45, 2.75) is 13.3 Å². The summed E-state index contributed by atoms with van der Waals surface area (Å²) in [5.41, 5.74) is 0.464. The molecule has 0 aliphatic rings. The Bertz CT molecular complexity index is 396. The van der Waals surface area contributed by atoms with E-state index in [4.69, 9.17) is 9.84 Å². The molecule has 18 heavy (non-hydrogen) atoms. The Kier molecular flexibility index (Phi) is 5.87. The Hall–Kier alpha value is -1.88. The number of hydrogen-bond donors (Lipinski definition) is 1. The van der Waals surface area contributed by atoms with Gasteiger partial charge in [0.05, 0.1) is 6.61 Å². The van der Waals surface area contributed by atoms with E-state index in [1.807, 2.05) is 0 Å². The highest BCUT2D eigenvalue weighted by molar-refractivity contribution is 5.97. The quantitative estimate of drug-likeness (QED) is 0.448. The number of aliphatic hydroxyl groups excluding tert-OH is 1. The molecule has 0 aromatic heterocycles. The fourth-order valence-corrected chi connectivity index (χ4v) is 1.24. The van der Waals surface area contributed by atoms with Crippen molar-refractivity contribution >= 4 is 11.8 Å². The highest BCUT2D eigenvalue weighted by Gasteiger charge is 2.07. The Morgan fingerprint density at radius 2 is 1.89 bits per heavy atom. The van der Waals surface area contributed by atoms with Crippen molar-refractivity contribution in [1.29, 1.82) is 0 Å². The minimum Gasteiger partial charge on any atom is -0.494 e. The summed E-state index contributed by atoms with van der Waals surface area (Å²) in [5.74, 6) is -0.105. The van der Waals surface area contributed by atoms with Gasteiger partial charge in [0.15, 0.2) is 12.4 Å². The SMILES string of the molecule is CC(=O)OCC(=O)c1ccc(OCCCO)cc1. The first kappa shape index (κ1) is 14.2. The molecule has 0 aliphatic heterocycles. The molecule has 1 rings (SSSR count). The first-order valence-corrected chi connectivity index (χ1v) is 5.63. The normalized spacial score (nSPS) is 9.89. The molecule has 0 aliphatic carbocycles. The monoisotopic (exact) mass is 252 g/mol. The van der Waals surface area contributed by atoms with E-state index >= 15 is 0 Å². The molecule has 0 saturated carbocycles. The van der Waals surface area contributed by atoms with Crippen LogP contribution in [0.15, 0.2) is 24.3 Å². The highest BCUT2D eigenvalue weighted by Crippen LogP contribution is 2.13. The van der Waals surface area contributed by atoms with Crippen molar-refractivity contribution in [1.82, 2.24) is 0 Å². The van der Waals surface area contributed by atoms with Crippen LogP contribution in [0.1, 0.15) is 23.7 Å². The molecule has 0 saturated heterocycles. The number of carbonyl (C=O) groups excluding carboxylic acids is 2. The minimum absolute atomic E-state index is 0.0823. The number of esters is 1. The second-order valence-electron chi connectivity index (χ2n) is 3.65. The standard InChI is InChI=1S/C13H16O5/c1-10(15)18-9-13(16)11-3-5-12(6-4-11)17-8-2-7-14/h3-6,14H,2,7-9H2,1H3. The lowest BCUT2D eigenvalue weighted by atomic mass is 10.1. The van der Waals surface area contributed by atoms with Crippen molar-refractivity contribution in [2.75, 3.05) is 19.8 Å². The number of ether oxygens (including phenoxy) is 2. The topological polar surface area (TPSA) is 72.8 Å². The maximum Gasteiger partial charge on any atom is 0.303 e. The predicted molar refractivity (Wildman–Crippen MR) is 64.6 cm³/mol. The second-order valence-corrected chi connectivity index (χ2v) is 3.65. The number of ketones is 1. The Balaban J connectivity index is 2.48. The molecule has 0 bridgehead atoms. The first-order valence-electron chi connectivity index (χ1n) is 5.63. The van der Waals surface area contributed by atoms with Crippen LogP contribution in [0.25, 0.3) is 0 Å². The van der Waals surface area contributed by atoms with Crippen LogP contribution in [0.3, 0.4) is 0 Å². The van der Waals surface area contributed by atoms with Crippen LogP contribution >= 0.6 is 0 Å². The van der Waals surface area contributed by atoms with Gasteiger partial charge in [-0.1, -0.05) is 0 Å². The lowest BCUT2D eigenvalue weighted by Crippen LogP contribution is -2.11. The summed E-state index contributed by atoms with van der Waals surface area (Å²) in [7, 11) is 0. The summed E-state index contributed by atoms with van der Waals surface area (Å²) >= 11 is 0. The van der Waals surface area contributed by atoms with Crippen LogP contribution in [-0.4, -0.2) is 36.7 Å². The van der Waals surface area contributed by atoms with E-state index in [2.05, 4.69) is 4.74 Å². The van der Waals surface area contributed by atoms with Crippen LogP contribution in [0, 0.1) is 0 Å². The van der Waals surface area contributed by atoms with E-state index in [1.165, 1.54) is 6.92 Å². The highest BCUT2D eigenvalue weighted by atomic mass is 16.5. The minimum atomic E-state index is -0.479. The van der Waals surface area contributed by atoms with Crippen LogP contribution in [0.4, 0.5) is 0 Å². The summed E-state index contributed by atoms with van der Waals surface area (Å²) in [5, 5.41) is 8.60. The molecule has 0 unspecified atom stereocenters. The average molecular weight is 252 g/mol. The second kappa shape index (κ2) is 7.45. The molecule has 0 atom stereocenters. The average Bonchev–Trinajstić information content (AvgIpc) is 2.37. The number of benzene rings is 1. The molecular formula is C13H16O5. The van der Waals surface area contributed by atoms with E-state index in [9.17, 15) is 9.59 Å². The molecule has 0 heterocycles. The van der Waals surface area contributed by atoms with Crippen LogP contribution in [-0.2, 0) is 9.53 Å². The van der Waals surface area contributed by atoms with Crippen LogP contribution in [0.5, 0.6) is 5.75 Å². The molecule has 5 heteroatoms. The summed E-state index contributed by atoms with van der Waals surface area (Å²) in [6, 6.07) is 6.55. The molecule has 0 amide bonds. The molecular weight excluding hydrogens is 236 g/mol. The lowest BCUT2D eigenvalue weighted by molar-refractivity contribution is -0.139. The first-order chi connectivity index (χ1) is 8.63. The molecule has 98 valence electrons. The third-order valence-corrected chi connectivity index (χ3v) is 2.15. The fourth-order valence-electron chi connectivity index (χ4n) is 1.24. The molecule has 1 aromatic carbocycles. The number of Topliss-reactive ketones (excluding diaryl/α,β-unsaturated/α-hetero) is 1. The number of hydrogen-bond acceptors (Lipinski definition) is 5. The van der Waals surface area contributed by atoms with Crippen LogP contribution < -0.4 is 4.74 Å². The summed E-state index contributed by atoms with van der Waals surface area (Å²) in [6.07, 6.45) is 0.563. The van der Waals surface area contributed by atoms with Crippen molar-refractivity contribution in [3.05, 3.63) is 29.8 Å². The largest absolute Gasteiger partial charge is 0.494 e. The van der Waals surface area contributed by atoms with E-state index < -0.39 is 5.97 Å². The zero-order valence-corrected chi connectivity index (χ0v) is 10.2. The van der Waals surface area contributed by atoms with Gasteiger partial charge in [0.1, 0.15) is 5.75 Å². The zero-order chi connectivity index (χ0) is 13.4. The van der Waals surface area contributed by atoms with Crippen molar-refractivity contribution in [2.24, 2.45) is 0 Å². The molecule has 1 aromatic rings. The third kappa shape index (κ3) is 4.97. The Morgan fingerprint density at radius 1 is 1.22 bits per heavy atom. The van der Waals surface area contributed by atoms with Gasteiger partial charge in [0, 0.05) is 25.5 Å². The van der Waals surface area contributed by atoms with Gasteiger partial charge in [0.25, 0.3) is 0 Å². The number of rotatable bonds is 7. The van der Waals surface area contributed by atoms with Gasteiger partial charge in [-0.2, -0.15) is 0 Å². The summed E-state index contributed by atoms with van der Waals surface area (Å²) in [6.45, 7) is 1.52. The van der Waals surface area contributed by atoms with Gasteiger partial charge >= 0.3 is 5.97 Å². The van der Waals surface area contributed by atoms with Crippen LogP contribution in [0.2, 0.25) is 0 Å². The molecule has 1 N–H and O–H groups in total. The van der Waals surface area contributed by atoms with Gasteiger partial charge in [-0.3, -0.25) is 9.59 Å². The van der Waals surface area contributed by atoms with Crippen molar-refractivity contribution in [3.63, 3.8) is 0 Å². The van der Waals surface area contributed by atoms with E-state index in [-0.39, 0.29) is 19.0 Å². The number of carbonyl (C=O) groups is 2. The molecule has 0 radical (unpaired) electrons. The zero-order valence-electron chi connectivity index (χ0n) is 10.2. The molecule has 0 fully saturated rings. The number of aliphatic hydroxyl groups is 1. The lowest BCUT2D eigenvalue weighted by Gasteiger charge is -2.06. The van der Waals surface area contributed by atoms with E-state index in [0.717, 1.165) is 0 Å². The smallest absolute Gasteiger partial charge is 0.303 e. The van der Waals surface area contributed by atoms with E-state index in [1.54, 1.807) is 24.3 Å².